The van der Waals surface area contributed by atoms with Crippen LogP contribution in [0.3, 0.4) is 0 Å². The van der Waals surface area contributed by atoms with Crippen LogP contribution in [0.5, 0.6) is 0 Å². The molecule has 0 saturated heterocycles. The fourth-order valence-corrected chi connectivity index (χ4v) is 3.09. The van der Waals surface area contributed by atoms with Crippen LogP contribution in [-0.2, 0) is 6.54 Å². The van der Waals surface area contributed by atoms with Crippen LogP contribution in [0, 0.1) is 0 Å². The average molecular weight is 252 g/mol. The Labute approximate surface area is 109 Å². The first-order valence-corrected chi connectivity index (χ1v) is 7.62. The SMILES string of the molecule is CNCCCC(C)N(Cc1cccs1)C1CC1. The highest BCUT2D eigenvalue weighted by atomic mass is 32.1. The highest BCUT2D eigenvalue weighted by molar-refractivity contribution is 7.09. The van der Waals surface area contributed by atoms with Crippen molar-refractivity contribution in [2.45, 2.75) is 51.2 Å². The van der Waals surface area contributed by atoms with E-state index in [4.69, 9.17) is 0 Å². The molecular weight excluding hydrogens is 228 g/mol. The Morgan fingerprint density at radius 1 is 1.53 bits per heavy atom. The molecule has 1 atom stereocenters. The molecule has 1 aliphatic rings. The predicted molar refractivity (Wildman–Crippen MR) is 75.5 cm³/mol. The van der Waals surface area contributed by atoms with Crippen molar-refractivity contribution in [3.8, 4) is 0 Å². The van der Waals surface area contributed by atoms with Crippen LogP contribution in [-0.4, -0.2) is 30.6 Å². The van der Waals surface area contributed by atoms with Gasteiger partial charge in [-0.2, -0.15) is 0 Å². The second-order valence-corrected chi connectivity index (χ2v) is 6.11. The number of nitrogens with zero attached hydrogens (tertiary/aromatic N) is 1. The molecule has 1 fully saturated rings. The molecule has 1 heterocycles. The minimum atomic E-state index is 0.720. The molecule has 2 nitrogen and oxygen atoms in total. The van der Waals surface area contributed by atoms with Gasteiger partial charge in [0.25, 0.3) is 0 Å². The molecular formula is C14H24N2S. The fraction of sp³-hybridized carbons (Fsp3) is 0.714. The topological polar surface area (TPSA) is 15.3 Å². The van der Waals surface area contributed by atoms with E-state index in [1.165, 1.54) is 30.6 Å². The van der Waals surface area contributed by atoms with E-state index in [-0.39, 0.29) is 0 Å². The van der Waals surface area contributed by atoms with Gasteiger partial charge in [-0.05, 0) is 57.6 Å². The molecule has 1 N–H and O–H groups in total. The lowest BCUT2D eigenvalue weighted by molar-refractivity contribution is 0.180. The third kappa shape index (κ3) is 4.09. The third-order valence-corrected chi connectivity index (χ3v) is 4.41. The van der Waals surface area contributed by atoms with Crippen molar-refractivity contribution < 1.29 is 0 Å². The summed E-state index contributed by atoms with van der Waals surface area (Å²) in [4.78, 5) is 4.22. The molecule has 3 heteroatoms. The van der Waals surface area contributed by atoms with E-state index in [1.54, 1.807) is 0 Å². The summed E-state index contributed by atoms with van der Waals surface area (Å²) in [6.07, 6.45) is 5.40. The van der Waals surface area contributed by atoms with E-state index in [1.807, 2.05) is 18.4 Å². The van der Waals surface area contributed by atoms with Gasteiger partial charge in [0.1, 0.15) is 0 Å². The van der Waals surface area contributed by atoms with Gasteiger partial charge in [0.15, 0.2) is 0 Å². The van der Waals surface area contributed by atoms with Crippen LogP contribution in [0.15, 0.2) is 17.5 Å². The zero-order valence-corrected chi connectivity index (χ0v) is 11.8. The summed E-state index contributed by atoms with van der Waals surface area (Å²) < 4.78 is 0. The lowest BCUT2D eigenvalue weighted by atomic mass is 10.1. The van der Waals surface area contributed by atoms with Gasteiger partial charge in [-0.25, -0.2) is 0 Å². The Hall–Kier alpha value is -0.380. The number of nitrogens with one attached hydrogen (secondary N) is 1. The second-order valence-electron chi connectivity index (χ2n) is 5.08. The molecule has 2 rings (SSSR count). The van der Waals surface area contributed by atoms with Crippen molar-refractivity contribution in [1.82, 2.24) is 10.2 Å². The minimum Gasteiger partial charge on any atom is -0.320 e. The number of hydrogen-bond acceptors (Lipinski definition) is 3. The molecule has 0 bridgehead atoms. The summed E-state index contributed by atoms with van der Waals surface area (Å²) in [7, 11) is 2.04. The first kappa shape index (κ1) is 13.1. The van der Waals surface area contributed by atoms with E-state index in [9.17, 15) is 0 Å². The Kier molecular flexibility index (Phi) is 5.01. The average Bonchev–Trinajstić information content (AvgIpc) is 3.03. The van der Waals surface area contributed by atoms with E-state index >= 15 is 0 Å². The molecule has 0 amide bonds. The second kappa shape index (κ2) is 6.53. The minimum absolute atomic E-state index is 0.720. The first-order chi connectivity index (χ1) is 8.31. The summed E-state index contributed by atoms with van der Waals surface area (Å²) in [5.74, 6) is 0. The smallest absolute Gasteiger partial charge is 0.0333 e. The lowest BCUT2D eigenvalue weighted by Crippen LogP contribution is -2.34. The maximum absolute atomic E-state index is 3.24. The van der Waals surface area contributed by atoms with Gasteiger partial charge in [-0.3, -0.25) is 4.90 Å². The van der Waals surface area contributed by atoms with E-state index in [2.05, 4.69) is 34.7 Å². The summed E-state index contributed by atoms with van der Waals surface area (Å²) in [5, 5.41) is 5.42. The van der Waals surface area contributed by atoms with Crippen molar-refractivity contribution in [2.24, 2.45) is 0 Å². The van der Waals surface area contributed by atoms with Gasteiger partial charge < -0.3 is 5.32 Å². The monoisotopic (exact) mass is 252 g/mol. The van der Waals surface area contributed by atoms with Crippen LogP contribution < -0.4 is 5.32 Å². The molecule has 0 aromatic carbocycles. The molecule has 17 heavy (non-hydrogen) atoms. The fourth-order valence-electron chi connectivity index (χ4n) is 2.37. The molecule has 1 saturated carbocycles. The van der Waals surface area contributed by atoms with Gasteiger partial charge >= 0.3 is 0 Å². The molecule has 0 radical (unpaired) electrons. The van der Waals surface area contributed by atoms with Gasteiger partial charge in [0, 0.05) is 23.5 Å². The standard InChI is InChI=1S/C14H24N2S/c1-12(5-3-9-15-2)16(13-7-8-13)11-14-6-4-10-17-14/h4,6,10,12-13,15H,3,5,7-9,11H2,1-2H3. The zero-order chi connectivity index (χ0) is 12.1. The van der Waals surface area contributed by atoms with Gasteiger partial charge in [-0.15, -0.1) is 11.3 Å². The zero-order valence-electron chi connectivity index (χ0n) is 11.0. The van der Waals surface area contributed by atoms with Crippen molar-refractivity contribution in [2.75, 3.05) is 13.6 Å². The highest BCUT2D eigenvalue weighted by Crippen LogP contribution is 2.31. The van der Waals surface area contributed by atoms with Gasteiger partial charge in [-0.1, -0.05) is 6.07 Å². The number of rotatable bonds is 8. The number of hydrogen-bond donors (Lipinski definition) is 1. The van der Waals surface area contributed by atoms with Gasteiger partial charge in [0.05, 0.1) is 0 Å². The van der Waals surface area contributed by atoms with Crippen LogP contribution in [0.1, 0.15) is 37.5 Å². The lowest BCUT2D eigenvalue weighted by Gasteiger charge is -2.28. The summed E-state index contributed by atoms with van der Waals surface area (Å²) in [5.41, 5.74) is 0. The normalized spacial score (nSPS) is 17.6. The Bertz CT molecular complexity index is 306. The van der Waals surface area contributed by atoms with Crippen LogP contribution >= 0.6 is 11.3 Å². The Balaban J connectivity index is 1.83. The molecule has 0 spiro atoms. The molecule has 0 aliphatic heterocycles. The molecule has 1 aromatic rings. The third-order valence-electron chi connectivity index (χ3n) is 3.55. The molecule has 1 unspecified atom stereocenters. The Morgan fingerprint density at radius 2 is 2.35 bits per heavy atom. The van der Waals surface area contributed by atoms with Crippen LogP contribution in [0.2, 0.25) is 0 Å². The van der Waals surface area contributed by atoms with Gasteiger partial charge in [0.2, 0.25) is 0 Å². The largest absolute Gasteiger partial charge is 0.320 e. The van der Waals surface area contributed by atoms with Crippen LogP contribution in [0.25, 0.3) is 0 Å². The van der Waals surface area contributed by atoms with Crippen molar-refractivity contribution in [3.05, 3.63) is 22.4 Å². The van der Waals surface area contributed by atoms with Crippen LogP contribution in [0.4, 0.5) is 0 Å². The molecule has 1 aromatic heterocycles. The van der Waals surface area contributed by atoms with E-state index in [0.717, 1.165) is 25.2 Å². The first-order valence-electron chi connectivity index (χ1n) is 6.74. The predicted octanol–water partition coefficient (Wildman–Crippen LogP) is 3.10. The summed E-state index contributed by atoms with van der Waals surface area (Å²) in [6, 6.07) is 6.01. The Morgan fingerprint density at radius 3 is 2.94 bits per heavy atom. The van der Waals surface area contributed by atoms with Crippen molar-refractivity contribution in [3.63, 3.8) is 0 Å². The quantitative estimate of drug-likeness (QED) is 0.715. The van der Waals surface area contributed by atoms with E-state index in [0.29, 0.717) is 0 Å². The van der Waals surface area contributed by atoms with Crippen molar-refractivity contribution >= 4 is 11.3 Å². The van der Waals surface area contributed by atoms with E-state index < -0.39 is 0 Å². The highest BCUT2D eigenvalue weighted by Gasteiger charge is 2.31. The summed E-state index contributed by atoms with van der Waals surface area (Å²) in [6.45, 7) is 4.69. The number of thiophene rings is 1. The maximum atomic E-state index is 3.24. The summed E-state index contributed by atoms with van der Waals surface area (Å²) >= 11 is 1.89. The maximum Gasteiger partial charge on any atom is 0.0333 e. The molecule has 96 valence electrons. The molecule has 1 aliphatic carbocycles. The van der Waals surface area contributed by atoms with Crippen molar-refractivity contribution in [1.29, 1.82) is 0 Å².